The minimum Gasteiger partial charge on any atom is -0.322 e. The van der Waals surface area contributed by atoms with Crippen LogP contribution in [-0.4, -0.2) is 41.2 Å². The van der Waals surface area contributed by atoms with Crippen molar-refractivity contribution in [2.45, 2.75) is 44.4 Å². The van der Waals surface area contributed by atoms with Gasteiger partial charge < -0.3 is 10.2 Å². The highest BCUT2D eigenvalue weighted by molar-refractivity contribution is 6.06. The molecule has 3 aliphatic heterocycles. The lowest BCUT2D eigenvalue weighted by Crippen LogP contribution is -2.52. The second-order valence-electron chi connectivity index (χ2n) is 8.76. The van der Waals surface area contributed by atoms with Crippen LogP contribution in [0.4, 0.5) is 29.3 Å². The third kappa shape index (κ3) is 4.11. The van der Waals surface area contributed by atoms with Gasteiger partial charge in [-0.25, -0.2) is 4.79 Å². The van der Waals surface area contributed by atoms with Gasteiger partial charge in [0.05, 0.1) is 5.56 Å². The molecule has 1 unspecified atom stereocenters. The number of nitrogens with zero attached hydrogens (tertiary/aromatic N) is 2. The average Bonchev–Trinajstić information content (AvgIpc) is 3.13. The number of halogens is 3. The fourth-order valence-electron chi connectivity index (χ4n) is 4.94. The Kier molecular flexibility index (Phi) is 5.49. The number of hydrogen-bond donors (Lipinski definition) is 2. The zero-order valence-electron chi connectivity index (χ0n) is 18.4. The van der Waals surface area contributed by atoms with Gasteiger partial charge in [-0.05, 0) is 60.7 Å². The molecular weight excluding hydrogens is 465 g/mol. The normalized spacial score (nSPS) is 19.9. The van der Waals surface area contributed by atoms with Crippen molar-refractivity contribution in [2.24, 2.45) is 0 Å². The number of alkyl halides is 3. The van der Waals surface area contributed by atoms with Gasteiger partial charge in [0, 0.05) is 36.4 Å². The number of piperidine rings is 1. The van der Waals surface area contributed by atoms with Crippen LogP contribution in [0.15, 0.2) is 36.4 Å². The van der Waals surface area contributed by atoms with Crippen molar-refractivity contribution in [3.05, 3.63) is 58.7 Å². The van der Waals surface area contributed by atoms with E-state index >= 15 is 0 Å². The van der Waals surface area contributed by atoms with E-state index in [-0.39, 0.29) is 55.4 Å². The zero-order valence-corrected chi connectivity index (χ0v) is 18.4. The number of anilines is 2. The van der Waals surface area contributed by atoms with Gasteiger partial charge in [-0.1, -0.05) is 6.07 Å². The molecule has 11 heteroatoms. The van der Waals surface area contributed by atoms with Crippen LogP contribution in [0.25, 0.3) is 0 Å². The van der Waals surface area contributed by atoms with Gasteiger partial charge in [0.15, 0.2) is 0 Å². The molecule has 2 N–H and O–H groups in total. The third-order valence-electron chi connectivity index (χ3n) is 6.58. The number of rotatable bonds is 2. The molecule has 8 nitrogen and oxygen atoms in total. The van der Waals surface area contributed by atoms with Gasteiger partial charge in [-0.3, -0.25) is 24.6 Å². The van der Waals surface area contributed by atoms with E-state index in [9.17, 15) is 32.3 Å². The summed E-state index contributed by atoms with van der Waals surface area (Å²) in [5.74, 6) is -1.23. The first-order chi connectivity index (χ1) is 16.6. The summed E-state index contributed by atoms with van der Waals surface area (Å²) in [6, 6.07) is 7.19. The summed E-state index contributed by atoms with van der Waals surface area (Å²) in [6.07, 6.45) is -3.50. The van der Waals surface area contributed by atoms with Crippen molar-refractivity contribution in [1.29, 1.82) is 0 Å². The summed E-state index contributed by atoms with van der Waals surface area (Å²) in [5, 5.41) is 4.96. The molecule has 182 valence electrons. The topological polar surface area (TPSA) is 98.8 Å². The molecule has 5 amide bonds. The predicted molar refractivity (Wildman–Crippen MR) is 119 cm³/mol. The van der Waals surface area contributed by atoms with Crippen LogP contribution in [0.3, 0.4) is 0 Å². The quantitative estimate of drug-likeness (QED) is 0.636. The van der Waals surface area contributed by atoms with Crippen molar-refractivity contribution in [3.63, 3.8) is 0 Å². The lowest BCUT2D eigenvalue weighted by atomic mass is 9.96. The molecule has 2 aromatic carbocycles. The number of fused-ring (bicyclic) bond motifs is 2. The Balaban J connectivity index is 1.34. The lowest BCUT2D eigenvalue weighted by molar-refractivity contribution is -0.138. The SMILES string of the molecule is O=C1CCC(N2Cc3cc(NC(=O)N4CCCc5c4cccc5C(F)(F)F)ccc3C2=O)C(=O)N1. The fourth-order valence-corrected chi connectivity index (χ4v) is 4.94. The average molecular weight is 486 g/mol. The Bertz CT molecular complexity index is 1260. The molecule has 3 heterocycles. The van der Waals surface area contributed by atoms with Crippen LogP contribution >= 0.6 is 0 Å². The van der Waals surface area contributed by atoms with E-state index < -0.39 is 29.7 Å². The van der Waals surface area contributed by atoms with Gasteiger partial charge in [-0.15, -0.1) is 0 Å². The Morgan fingerprint density at radius 2 is 1.89 bits per heavy atom. The number of carbonyl (C=O) groups excluding carboxylic acids is 4. The molecule has 2 aromatic rings. The zero-order chi connectivity index (χ0) is 24.9. The summed E-state index contributed by atoms with van der Waals surface area (Å²) in [5.41, 5.74) is 0.967. The number of nitrogens with one attached hydrogen (secondary N) is 2. The van der Waals surface area contributed by atoms with Crippen LogP contribution < -0.4 is 15.5 Å². The Morgan fingerprint density at radius 1 is 1.09 bits per heavy atom. The molecule has 0 aromatic heterocycles. The Labute approximate surface area is 198 Å². The van der Waals surface area contributed by atoms with E-state index in [0.717, 1.165) is 6.07 Å². The van der Waals surface area contributed by atoms with E-state index in [0.29, 0.717) is 23.2 Å². The summed E-state index contributed by atoms with van der Waals surface area (Å²) < 4.78 is 40.3. The van der Waals surface area contributed by atoms with E-state index in [1.54, 1.807) is 18.2 Å². The first-order valence-electron chi connectivity index (χ1n) is 11.2. The van der Waals surface area contributed by atoms with Crippen LogP contribution in [0.1, 0.15) is 46.3 Å². The number of imide groups is 1. The smallest absolute Gasteiger partial charge is 0.322 e. The maximum absolute atomic E-state index is 13.4. The predicted octanol–water partition coefficient (Wildman–Crippen LogP) is 3.45. The standard InChI is InChI=1S/C24H21F3N4O4/c25-24(26,27)17-4-1-5-18-16(17)3-2-10-30(18)23(35)28-14-6-7-15-13(11-14)12-31(22(15)34)19-8-9-20(32)29-21(19)33/h1,4-7,11,19H,2-3,8-10,12H2,(H,28,35)(H,29,32,33). The van der Waals surface area contributed by atoms with Gasteiger partial charge in [0.2, 0.25) is 11.8 Å². The number of carbonyl (C=O) groups is 4. The molecule has 1 saturated heterocycles. The summed E-state index contributed by atoms with van der Waals surface area (Å²) >= 11 is 0. The van der Waals surface area contributed by atoms with Crippen molar-refractivity contribution in [2.75, 3.05) is 16.8 Å². The van der Waals surface area contributed by atoms with E-state index in [2.05, 4.69) is 10.6 Å². The maximum atomic E-state index is 13.4. The highest BCUT2D eigenvalue weighted by atomic mass is 19.4. The van der Waals surface area contributed by atoms with Crippen LogP contribution in [0.5, 0.6) is 0 Å². The summed E-state index contributed by atoms with van der Waals surface area (Å²) in [4.78, 5) is 52.2. The second-order valence-corrected chi connectivity index (χ2v) is 8.76. The highest BCUT2D eigenvalue weighted by Crippen LogP contribution is 2.39. The van der Waals surface area contributed by atoms with Gasteiger partial charge in [-0.2, -0.15) is 13.2 Å². The molecule has 0 saturated carbocycles. The van der Waals surface area contributed by atoms with Crippen LogP contribution in [0, 0.1) is 0 Å². The van der Waals surface area contributed by atoms with Crippen LogP contribution in [0.2, 0.25) is 0 Å². The molecule has 0 aliphatic carbocycles. The molecule has 0 spiro atoms. The third-order valence-corrected chi connectivity index (χ3v) is 6.58. The highest BCUT2D eigenvalue weighted by Gasteiger charge is 2.39. The van der Waals surface area contributed by atoms with Gasteiger partial charge in [0.25, 0.3) is 5.91 Å². The van der Waals surface area contributed by atoms with Gasteiger partial charge in [0.1, 0.15) is 6.04 Å². The van der Waals surface area contributed by atoms with E-state index in [4.69, 9.17) is 0 Å². The van der Waals surface area contributed by atoms with Crippen molar-refractivity contribution >= 4 is 35.1 Å². The monoisotopic (exact) mass is 486 g/mol. The molecule has 0 radical (unpaired) electrons. The molecular formula is C24H21F3N4O4. The Hall–Kier alpha value is -3.89. The molecule has 3 aliphatic rings. The molecule has 0 bridgehead atoms. The number of urea groups is 1. The minimum atomic E-state index is -4.51. The van der Waals surface area contributed by atoms with E-state index in [1.165, 1.54) is 21.9 Å². The molecule has 35 heavy (non-hydrogen) atoms. The number of hydrogen-bond acceptors (Lipinski definition) is 4. The van der Waals surface area contributed by atoms with Gasteiger partial charge >= 0.3 is 12.2 Å². The first kappa shape index (κ1) is 22.9. The van der Waals surface area contributed by atoms with Crippen molar-refractivity contribution < 1.29 is 32.3 Å². The van der Waals surface area contributed by atoms with Crippen molar-refractivity contribution in [3.8, 4) is 0 Å². The summed E-state index contributed by atoms with van der Waals surface area (Å²) in [7, 11) is 0. The number of benzene rings is 2. The molecule has 1 fully saturated rings. The summed E-state index contributed by atoms with van der Waals surface area (Å²) in [6.45, 7) is 0.415. The fraction of sp³-hybridized carbons (Fsp3) is 0.333. The number of amides is 5. The lowest BCUT2D eigenvalue weighted by Gasteiger charge is -2.31. The second kappa shape index (κ2) is 8.40. The van der Waals surface area contributed by atoms with Crippen LogP contribution in [-0.2, 0) is 28.7 Å². The largest absolute Gasteiger partial charge is 0.416 e. The minimum absolute atomic E-state index is 0.0980. The van der Waals surface area contributed by atoms with E-state index in [1.807, 2.05) is 0 Å². The Morgan fingerprint density at radius 3 is 2.63 bits per heavy atom. The molecule has 1 atom stereocenters. The van der Waals surface area contributed by atoms with Crippen molar-refractivity contribution in [1.82, 2.24) is 10.2 Å². The molecule has 5 rings (SSSR count). The maximum Gasteiger partial charge on any atom is 0.416 e. The first-order valence-corrected chi connectivity index (χ1v) is 11.2.